The summed E-state index contributed by atoms with van der Waals surface area (Å²) in [6.45, 7) is 1.84. The highest BCUT2D eigenvalue weighted by atomic mass is 127. The van der Waals surface area contributed by atoms with Crippen LogP contribution in [0.15, 0.2) is 18.2 Å². The smallest absolute Gasteiger partial charge is 0.178 e. The van der Waals surface area contributed by atoms with E-state index in [2.05, 4.69) is 27.0 Å². The van der Waals surface area contributed by atoms with Crippen LogP contribution in [0, 0.1) is 0 Å². The van der Waals surface area contributed by atoms with Crippen molar-refractivity contribution in [1.82, 2.24) is 4.98 Å². The Hall–Kier alpha value is -0.300. The van der Waals surface area contributed by atoms with Crippen LogP contribution < -0.4 is 4.74 Å². The van der Waals surface area contributed by atoms with E-state index in [4.69, 9.17) is 9.26 Å². The van der Waals surface area contributed by atoms with Gasteiger partial charge in [-0.05, 0) is 34.2 Å². The third-order valence-corrected chi connectivity index (χ3v) is 4.40. The summed E-state index contributed by atoms with van der Waals surface area (Å²) in [7, 11) is 0. The van der Waals surface area contributed by atoms with Gasteiger partial charge in [-0.2, -0.15) is 0 Å². The van der Waals surface area contributed by atoms with Crippen LogP contribution in [-0.2, 0) is 4.52 Å². The van der Waals surface area contributed by atoms with Crippen molar-refractivity contribution in [2.24, 2.45) is 0 Å². The average molecular weight is 395 g/mol. The van der Waals surface area contributed by atoms with Gasteiger partial charge in [0.25, 0.3) is 0 Å². The second-order valence-corrected chi connectivity index (χ2v) is 6.25. The molecule has 0 radical (unpaired) electrons. The topological polar surface area (TPSA) is 48.4 Å². The summed E-state index contributed by atoms with van der Waals surface area (Å²) in [6, 6.07) is 5.69. The molecule has 0 aliphatic heterocycles. The van der Waals surface area contributed by atoms with Crippen LogP contribution in [0.25, 0.3) is 10.2 Å². The van der Waals surface area contributed by atoms with Gasteiger partial charge in [0.15, 0.2) is 11.3 Å². The number of ether oxygens (including phenoxy) is 1. The van der Waals surface area contributed by atoms with Gasteiger partial charge in [0.05, 0.1) is 29.9 Å². The summed E-state index contributed by atoms with van der Waals surface area (Å²) in [4.78, 5) is 14.8. The van der Waals surface area contributed by atoms with Crippen molar-refractivity contribution in [2.75, 3.05) is 13.2 Å². The zero-order chi connectivity index (χ0) is 12.8. The number of aldehydes is 1. The van der Waals surface area contributed by atoms with Gasteiger partial charge in [-0.15, -0.1) is 11.3 Å². The van der Waals surface area contributed by atoms with Gasteiger partial charge >= 0.3 is 0 Å². The molecular weight excluding hydrogens is 384 g/mol. The molecule has 96 valence electrons. The van der Waals surface area contributed by atoms with E-state index in [0.717, 1.165) is 35.3 Å². The molecule has 2 aromatic rings. The molecule has 1 heterocycles. The number of thiazole rings is 1. The number of carbonyl (C=O) groups excluding carboxylic acids is 1. The Kier molecular flexibility index (Phi) is 5.75. The standard InChI is InChI=1S/C11H11INO3PS/c12-17-16-5-1-4-15-8-2-3-10-9(6-8)13-11(7-14)18-10/h2-3,6-7,17H,1,4-5H2. The lowest BCUT2D eigenvalue weighted by atomic mass is 10.3. The number of carbonyl (C=O) groups is 1. The van der Waals surface area contributed by atoms with Gasteiger partial charge in [0.2, 0.25) is 0 Å². The Morgan fingerprint density at radius 1 is 1.44 bits per heavy atom. The molecule has 1 unspecified atom stereocenters. The lowest BCUT2D eigenvalue weighted by Crippen LogP contribution is -2.00. The summed E-state index contributed by atoms with van der Waals surface area (Å²) < 4.78 is 11.8. The molecule has 0 spiro atoms. The second-order valence-electron chi connectivity index (χ2n) is 3.43. The Morgan fingerprint density at radius 2 is 2.33 bits per heavy atom. The largest absolute Gasteiger partial charge is 0.493 e. The molecule has 0 N–H and O–H groups in total. The predicted octanol–water partition coefficient (Wildman–Crippen LogP) is 3.84. The van der Waals surface area contributed by atoms with Crippen LogP contribution in [0.2, 0.25) is 0 Å². The molecule has 1 atom stereocenters. The highest BCUT2D eigenvalue weighted by Crippen LogP contribution is 2.25. The van der Waals surface area contributed by atoms with Gasteiger partial charge in [-0.25, -0.2) is 4.98 Å². The van der Waals surface area contributed by atoms with Gasteiger partial charge < -0.3 is 9.26 Å². The molecule has 4 nitrogen and oxygen atoms in total. The van der Waals surface area contributed by atoms with Crippen molar-refractivity contribution in [3.63, 3.8) is 0 Å². The minimum Gasteiger partial charge on any atom is -0.493 e. The van der Waals surface area contributed by atoms with E-state index in [-0.39, 0.29) is 0 Å². The van der Waals surface area contributed by atoms with Gasteiger partial charge in [0.1, 0.15) is 5.75 Å². The molecule has 1 aromatic heterocycles. The van der Waals surface area contributed by atoms with Crippen molar-refractivity contribution < 1.29 is 14.1 Å². The van der Waals surface area contributed by atoms with Crippen molar-refractivity contribution in [1.29, 1.82) is 0 Å². The molecule has 0 fully saturated rings. The number of hydrogen-bond donors (Lipinski definition) is 0. The molecule has 7 heteroatoms. The van der Waals surface area contributed by atoms with Gasteiger partial charge in [-0.1, -0.05) is 0 Å². The van der Waals surface area contributed by atoms with Crippen molar-refractivity contribution in [3.05, 3.63) is 23.2 Å². The molecule has 0 saturated carbocycles. The fourth-order valence-corrected chi connectivity index (χ4v) is 3.07. The molecule has 0 bridgehead atoms. The first-order chi connectivity index (χ1) is 8.83. The van der Waals surface area contributed by atoms with E-state index in [1.54, 1.807) is 0 Å². The maximum atomic E-state index is 10.6. The fraction of sp³-hybridized carbons (Fsp3) is 0.273. The first-order valence-corrected chi connectivity index (χ1v) is 10.1. The monoisotopic (exact) mass is 395 g/mol. The highest BCUT2D eigenvalue weighted by molar-refractivity contribution is 14.2. The second kappa shape index (κ2) is 7.33. The van der Waals surface area contributed by atoms with E-state index in [0.29, 0.717) is 18.1 Å². The number of hydrogen-bond acceptors (Lipinski definition) is 5. The summed E-state index contributed by atoms with van der Waals surface area (Å²) >= 11 is 3.58. The van der Waals surface area contributed by atoms with Crippen LogP contribution in [0.3, 0.4) is 0 Å². The first-order valence-electron chi connectivity index (χ1n) is 5.29. The third kappa shape index (κ3) is 3.85. The maximum absolute atomic E-state index is 10.6. The fourth-order valence-electron chi connectivity index (χ4n) is 1.42. The van der Waals surface area contributed by atoms with E-state index in [1.165, 1.54) is 11.3 Å². The van der Waals surface area contributed by atoms with Crippen LogP contribution in [0.5, 0.6) is 5.75 Å². The SMILES string of the molecule is O=Cc1nc2cc(OCCCOPI)ccc2s1. The van der Waals surface area contributed by atoms with Crippen LogP contribution in [0.4, 0.5) is 0 Å². The number of fused-ring (bicyclic) bond motifs is 1. The van der Waals surface area contributed by atoms with Crippen molar-refractivity contribution >= 4 is 56.3 Å². The molecule has 0 amide bonds. The molecule has 0 aliphatic carbocycles. The van der Waals surface area contributed by atoms with Crippen LogP contribution in [-0.4, -0.2) is 24.5 Å². The van der Waals surface area contributed by atoms with Crippen LogP contribution >= 0.6 is 39.8 Å². The van der Waals surface area contributed by atoms with Gasteiger partial charge in [-0.3, -0.25) is 4.79 Å². The average Bonchev–Trinajstić information content (AvgIpc) is 2.80. The predicted molar refractivity (Wildman–Crippen MR) is 83.4 cm³/mol. The van der Waals surface area contributed by atoms with Crippen LogP contribution in [0.1, 0.15) is 16.2 Å². The lowest BCUT2D eigenvalue weighted by Gasteiger charge is -2.05. The molecule has 18 heavy (non-hydrogen) atoms. The Balaban J connectivity index is 1.94. The lowest BCUT2D eigenvalue weighted by molar-refractivity contribution is 0.112. The highest BCUT2D eigenvalue weighted by Gasteiger charge is 2.04. The molecule has 0 aliphatic rings. The quantitative estimate of drug-likeness (QED) is 0.310. The Bertz CT molecular complexity index is 534. The minimum atomic E-state index is 0.498. The molecule has 2 rings (SSSR count). The number of aromatic nitrogens is 1. The Labute approximate surface area is 123 Å². The van der Waals surface area contributed by atoms with E-state index >= 15 is 0 Å². The number of benzene rings is 1. The van der Waals surface area contributed by atoms with Crippen molar-refractivity contribution in [3.8, 4) is 5.75 Å². The molecule has 0 saturated heterocycles. The van der Waals surface area contributed by atoms with Crippen molar-refractivity contribution in [2.45, 2.75) is 6.42 Å². The Morgan fingerprint density at radius 3 is 3.11 bits per heavy atom. The summed E-state index contributed by atoms with van der Waals surface area (Å²) in [6.07, 6.45) is 1.64. The number of rotatable bonds is 7. The van der Waals surface area contributed by atoms with E-state index < -0.39 is 0 Å². The van der Waals surface area contributed by atoms with E-state index in [1.807, 2.05) is 18.2 Å². The van der Waals surface area contributed by atoms with Gasteiger partial charge in [0, 0.05) is 12.5 Å². The summed E-state index contributed by atoms with van der Waals surface area (Å²) in [5, 5.41) is 0.499. The normalized spacial score (nSPS) is 11.4. The third-order valence-electron chi connectivity index (χ3n) is 2.19. The molecular formula is C11H11INO3PS. The zero-order valence-electron chi connectivity index (χ0n) is 9.39. The number of halogens is 1. The van der Waals surface area contributed by atoms with E-state index in [9.17, 15) is 4.79 Å². The maximum Gasteiger partial charge on any atom is 0.178 e. The minimum absolute atomic E-state index is 0.498. The summed E-state index contributed by atoms with van der Waals surface area (Å²) in [5.41, 5.74) is 0.810. The molecule has 1 aromatic carbocycles. The number of nitrogens with zero attached hydrogens (tertiary/aromatic N) is 1. The summed E-state index contributed by atoms with van der Waals surface area (Å²) in [5.74, 6) is 0.780. The first kappa shape index (κ1) is 14.1. The zero-order valence-corrected chi connectivity index (χ0v) is 13.4.